The van der Waals surface area contributed by atoms with Crippen LogP contribution in [0, 0.1) is 0 Å². The first kappa shape index (κ1) is 32.2. The fourth-order valence-electron chi connectivity index (χ4n) is 4.96. The zero-order valence-electron chi connectivity index (χ0n) is 25.0. The maximum absolute atomic E-state index is 12.4. The number of aryl methyl sites for hydroxylation is 2. The second-order valence-corrected chi connectivity index (χ2v) is 11.2. The summed E-state index contributed by atoms with van der Waals surface area (Å²) in [4.78, 5) is 49.5. The van der Waals surface area contributed by atoms with Crippen LogP contribution >= 0.6 is 24.4 Å². The molecule has 2 aliphatic heterocycles. The molecule has 12 heteroatoms. The lowest BCUT2D eigenvalue weighted by Crippen LogP contribution is -2.51. The quantitative estimate of drug-likeness (QED) is 0.147. The molecular weight excluding hydrogens is 625 g/mol. The van der Waals surface area contributed by atoms with E-state index in [0.29, 0.717) is 23.3 Å². The van der Waals surface area contributed by atoms with Crippen LogP contribution in [-0.2, 0) is 45.2 Å². The summed E-state index contributed by atoms with van der Waals surface area (Å²) < 4.78 is 12.5. The van der Waals surface area contributed by atoms with Crippen molar-refractivity contribution in [3.63, 3.8) is 0 Å². The fourth-order valence-corrected chi connectivity index (χ4v) is 5.34. The van der Waals surface area contributed by atoms with Crippen molar-refractivity contribution in [3.8, 4) is 11.5 Å². The Morgan fingerprint density at radius 2 is 1.04 bits per heavy atom. The van der Waals surface area contributed by atoms with E-state index in [1.165, 1.54) is 12.2 Å². The van der Waals surface area contributed by atoms with Crippen molar-refractivity contribution in [1.82, 2.24) is 21.3 Å². The number of carbonyl (C=O) groups excluding carboxylic acids is 4. The van der Waals surface area contributed by atoms with E-state index in [9.17, 15) is 19.2 Å². The van der Waals surface area contributed by atoms with Crippen molar-refractivity contribution in [3.05, 3.63) is 105 Å². The third kappa shape index (κ3) is 7.36. The van der Waals surface area contributed by atoms with Gasteiger partial charge < -0.3 is 9.47 Å². The molecule has 0 spiro atoms. The number of amides is 4. The van der Waals surface area contributed by atoms with Crippen molar-refractivity contribution < 1.29 is 28.7 Å². The number of hydrogen-bond acceptors (Lipinski definition) is 8. The lowest BCUT2D eigenvalue weighted by atomic mass is 9.99. The fraction of sp³-hybridized carbons (Fsp3) is 0.176. The van der Waals surface area contributed by atoms with E-state index in [1.807, 2.05) is 50.2 Å². The molecule has 234 valence electrons. The summed E-state index contributed by atoms with van der Waals surface area (Å²) in [6, 6.07) is 18.6. The van der Waals surface area contributed by atoms with Crippen LogP contribution in [0.3, 0.4) is 0 Å². The average molecular weight is 655 g/mol. The molecule has 0 atom stereocenters. The van der Waals surface area contributed by atoms with Gasteiger partial charge in [-0.1, -0.05) is 56.3 Å². The molecule has 0 unspecified atom stereocenters. The molecule has 2 fully saturated rings. The average Bonchev–Trinajstić information content (AvgIpc) is 3.03. The topological polar surface area (TPSA) is 135 Å². The summed E-state index contributed by atoms with van der Waals surface area (Å²) in [6.07, 6.45) is 4.43. The molecule has 0 bridgehead atoms. The van der Waals surface area contributed by atoms with Gasteiger partial charge in [-0.25, -0.2) is 0 Å². The van der Waals surface area contributed by atoms with Gasteiger partial charge in [0.15, 0.2) is 10.2 Å². The lowest BCUT2D eigenvalue weighted by Gasteiger charge is -2.19. The number of carbonyl (C=O) groups is 4. The highest BCUT2D eigenvalue weighted by atomic mass is 32.1. The number of rotatable bonds is 10. The van der Waals surface area contributed by atoms with Crippen molar-refractivity contribution >= 4 is 70.4 Å². The molecule has 5 rings (SSSR count). The normalized spacial score (nSPS) is 14.7. The summed E-state index contributed by atoms with van der Waals surface area (Å²) >= 11 is 9.77. The zero-order valence-corrected chi connectivity index (χ0v) is 26.7. The maximum atomic E-state index is 12.4. The van der Waals surface area contributed by atoms with Gasteiger partial charge >= 0.3 is 0 Å². The highest BCUT2D eigenvalue weighted by Gasteiger charge is 2.27. The molecule has 0 aromatic heterocycles. The number of thiocarbonyl (C=S) groups is 2. The van der Waals surface area contributed by atoms with Gasteiger partial charge in [-0.2, -0.15) is 0 Å². The van der Waals surface area contributed by atoms with Crippen LogP contribution in [0.2, 0.25) is 0 Å². The predicted molar refractivity (Wildman–Crippen MR) is 180 cm³/mol. The Morgan fingerprint density at radius 1 is 0.565 bits per heavy atom. The molecule has 4 amide bonds. The summed E-state index contributed by atoms with van der Waals surface area (Å²) in [7, 11) is 0. The number of ether oxygens (including phenoxy) is 2. The molecular formula is C34H30N4O6S2. The first-order valence-electron chi connectivity index (χ1n) is 14.5. The standard InChI is InChI=1S/C34H30N4O6S2/c1-3-19-16-28(44-17-23-11-6-5-9-21(23)14-25-29(39)35-33(45)36-30(25)40)20(4-2)13-24(19)18-43-27-12-8-7-10-22(27)15-26-31(41)37-34(46)38-32(26)42/h5-16H,3-4,17-18H2,1-2H3,(H2,35,36,39,40,45)(H2,37,38,41,42,46). The molecule has 0 radical (unpaired) electrons. The van der Waals surface area contributed by atoms with E-state index in [1.54, 1.807) is 18.2 Å². The number of nitrogens with one attached hydrogen (secondary N) is 4. The van der Waals surface area contributed by atoms with Gasteiger partial charge in [-0.3, -0.25) is 40.4 Å². The van der Waals surface area contributed by atoms with Gasteiger partial charge in [0.05, 0.1) is 0 Å². The highest BCUT2D eigenvalue weighted by molar-refractivity contribution is 7.80. The minimum atomic E-state index is -0.575. The van der Waals surface area contributed by atoms with Crippen LogP contribution in [0.4, 0.5) is 0 Å². The summed E-state index contributed by atoms with van der Waals surface area (Å²) in [5.41, 5.74) is 4.92. The van der Waals surface area contributed by atoms with Crippen molar-refractivity contribution in [2.75, 3.05) is 0 Å². The van der Waals surface area contributed by atoms with Gasteiger partial charge in [0.2, 0.25) is 0 Å². The first-order valence-corrected chi connectivity index (χ1v) is 15.3. The van der Waals surface area contributed by atoms with Gasteiger partial charge in [0.1, 0.15) is 35.9 Å². The van der Waals surface area contributed by atoms with Crippen LogP contribution in [0.25, 0.3) is 12.2 Å². The zero-order chi connectivity index (χ0) is 32.8. The van der Waals surface area contributed by atoms with Gasteiger partial charge in [0.25, 0.3) is 23.6 Å². The Kier molecular flexibility index (Phi) is 9.99. The maximum Gasteiger partial charge on any atom is 0.263 e. The van der Waals surface area contributed by atoms with E-state index in [4.69, 9.17) is 33.9 Å². The summed E-state index contributed by atoms with van der Waals surface area (Å²) in [5.74, 6) is -1.03. The molecule has 2 aliphatic rings. The molecule has 2 saturated heterocycles. The van der Waals surface area contributed by atoms with E-state index in [2.05, 4.69) is 27.3 Å². The van der Waals surface area contributed by atoms with Crippen molar-refractivity contribution in [2.45, 2.75) is 39.9 Å². The summed E-state index contributed by atoms with van der Waals surface area (Å²) in [5, 5.41) is 9.72. The van der Waals surface area contributed by atoms with E-state index in [-0.39, 0.29) is 34.6 Å². The third-order valence-electron chi connectivity index (χ3n) is 7.37. The largest absolute Gasteiger partial charge is 0.489 e. The first-order chi connectivity index (χ1) is 22.2. The Labute approximate surface area is 276 Å². The Morgan fingerprint density at radius 3 is 1.63 bits per heavy atom. The monoisotopic (exact) mass is 654 g/mol. The minimum absolute atomic E-state index is 0.0222. The third-order valence-corrected chi connectivity index (χ3v) is 7.78. The van der Waals surface area contributed by atoms with Crippen molar-refractivity contribution in [1.29, 1.82) is 0 Å². The Bertz CT molecular complexity index is 1670. The Hall–Kier alpha value is -5.20. The molecule has 2 heterocycles. The van der Waals surface area contributed by atoms with Gasteiger partial charge in [-0.05, 0) is 95.4 Å². The summed E-state index contributed by atoms with van der Waals surface area (Å²) in [6.45, 7) is 4.55. The highest BCUT2D eigenvalue weighted by Crippen LogP contribution is 2.29. The van der Waals surface area contributed by atoms with Crippen molar-refractivity contribution in [2.24, 2.45) is 0 Å². The predicted octanol–water partition coefficient (Wildman–Crippen LogP) is 3.80. The molecule has 10 nitrogen and oxygen atoms in total. The van der Waals surface area contributed by atoms with E-state index < -0.39 is 23.6 Å². The molecule has 46 heavy (non-hydrogen) atoms. The second-order valence-electron chi connectivity index (χ2n) is 10.3. The smallest absolute Gasteiger partial charge is 0.263 e. The molecule has 3 aromatic carbocycles. The van der Waals surface area contributed by atoms with Crippen LogP contribution in [-0.4, -0.2) is 33.9 Å². The van der Waals surface area contributed by atoms with Crippen LogP contribution < -0.4 is 30.7 Å². The number of benzene rings is 3. The second kappa shape index (κ2) is 14.3. The van der Waals surface area contributed by atoms with Crippen LogP contribution in [0.5, 0.6) is 11.5 Å². The lowest BCUT2D eigenvalue weighted by molar-refractivity contribution is -0.124. The number of hydrogen-bond donors (Lipinski definition) is 4. The van der Waals surface area contributed by atoms with Gasteiger partial charge in [0, 0.05) is 5.56 Å². The van der Waals surface area contributed by atoms with Crippen LogP contribution in [0.1, 0.15) is 47.2 Å². The Balaban J connectivity index is 1.34. The van der Waals surface area contributed by atoms with E-state index in [0.717, 1.165) is 34.4 Å². The minimum Gasteiger partial charge on any atom is -0.489 e. The molecule has 0 aliphatic carbocycles. The van der Waals surface area contributed by atoms with E-state index >= 15 is 0 Å². The number of para-hydroxylation sites is 1. The molecule has 4 N–H and O–H groups in total. The molecule has 0 saturated carbocycles. The SMILES string of the molecule is CCc1cc(OCc2ccccc2C=C2C(=O)NC(=S)NC2=O)c(CC)cc1COc1ccccc1C=C1C(=O)NC(=S)NC1=O. The molecule has 3 aromatic rings. The van der Waals surface area contributed by atoms with Crippen LogP contribution in [0.15, 0.2) is 71.8 Å². The van der Waals surface area contributed by atoms with Gasteiger partial charge in [-0.15, -0.1) is 0 Å².